The molecular weight excluding hydrogens is 304 g/mol. The van der Waals surface area contributed by atoms with Crippen LogP contribution in [0.3, 0.4) is 0 Å². The van der Waals surface area contributed by atoms with E-state index in [9.17, 15) is 4.79 Å². The number of H-pyrrole nitrogens is 1. The first kappa shape index (κ1) is 14.5. The summed E-state index contributed by atoms with van der Waals surface area (Å²) in [6, 6.07) is 8.13. The summed E-state index contributed by atoms with van der Waals surface area (Å²) in [5.74, 6) is 0.491. The minimum atomic E-state index is 0.116. The molecule has 7 heteroatoms. The second-order valence-electron chi connectivity index (χ2n) is 4.83. The molecule has 0 spiro atoms. The lowest BCUT2D eigenvalue weighted by atomic mass is 10.2. The molecule has 1 aliphatic heterocycles. The Bertz CT molecular complexity index is 617. The van der Waals surface area contributed by atoms with Crippen molar-refractivity contribution in [1.82, 2.24) is 15.4 Å². The van der Waals surface area contributed by atoms with E-state index >= 15 is 0 Å². The zero-order chi connectivity index (χ0) is 14.7. The Labute approximate surface area is 131 Å². The minimum Gasteiger partial charge on any atom is -0.311 e. The summed E-state index contributed by atoms with van der Waals surface area (Å²) < 4.78 is 0. The van der Waals surface area contributed by atoms with Crippen LogP contribution >= 0.6 is 23.5 Å². The highest BCUT2D eigenvalue weighted by atomic mass is 32.2. The zero-order valence-corrected chi connectivity index (χ0v) is 13.3. The second kappa shape index (κ2) is 6.53. The lowest BCUT2D eigenvalue weighted by molar-refractivity contribution is -0.116. The highest BCUT2D eigenvalue weighted by Crippen LogP contribution is 2.37. The van der Waals surface area contributed by atoms with Crippen molar-refractivity contribution in [3.63, 3.8) is 0 Å². The highest BCUT2D eigenvalue weighted by molar-refractivity contribution is 8.00. The average molecular weight is 320 g/mol. The Balaban J connectivity index is 1.76. The van der Waals surface area contributed by atoms with Gasteiger partial charge in [0.05, 0.1) is 17.6 Å². The molecular formula is C14H16N4OS2. The number of nitrogens with zero attached hydrogens (tertiary/aromatic N) is 3. The van der Waals surface area contributed by atoms with Gasteiger partial charge >= 0.3 is 0 Å². The molecule has 2 aromatic rings. The molecule has 0 bridgehead atoms. The lowest BCUT2D eigenvalue weighted by Gasteiger charge is -2.22. The van der Waals surface area contributed by atoms with Crippen LogP contribution in [-0.4, -0.2) is 38.9 Å². The molecule has 0 saturated carbocycles. The standard InChI is InChI=1S/C14H16N4OS2/c1-10-6-7-18(11-4-2-3-5-12(11)21-10)14(19)9-20-13-8-15-17-16-13/h2-5,8,10H,6-7,9H2,1H3,(H,15,16,17). The highest BCUT2D eigenvalue weighted by Gasteiger charge is 2.24. The van der Waals surface area contributed by atoms with E-state index in [0.29, 0.717) is 11.0 Å². The van der Waals surface area contributed by atoms with Gasteiger partial charge in [-0.25, -0.2) is 0 Å². The average Bonchev–Trinajstić information content (AvgIpc) is 2.94. The van der Waals surface area contributed by atoms with Gasteiger partial charge in [-0.2, -0.15) is 10.3 Å². The Morgan fingerprint density at radius 1 is 1.52 bits per heavy atom. The van der Waals surface area contributed by atoms with Gasteiger partial charge in [-0.15, -0.1) is 16.9 Å². The predicted molar refractivity (Wildman–Crippen MR) is 85.8 cm³/mol. The van der Waals surface area contributed by atoms with E-state index in [-0.39, 0.29) is 5.91 Å². The summed E-state index contributed by atoms with van der Waals surface area (Å²) in [6.45, 7) is 2.98. The fourth-order valence-corrected chi connectivity index (χ4v) is 3.99. The molecule has 1 aromatic heterocycles. The van der Waals surface area contributed by atoms with Gasteiger partial charge in [0, 0.05) is 16.7 Å². The minimum absolute atomic E-state index is 0.116. The molecule has 5 nitrogen and oxygen atoms in total. The van der Waals surface area contributed by atoms with Crippen LogP contribution in [0.25, 0.3) is 0 Å². The van der Waals surface area contributed by atoms with Crippen molar-refractivity contribution < 1.29 is 4.79 Å². The molecule has 1 aromatic carbocycles. The zero-order valence-electron chi connectivity index (χ0n) is 11.7. The van der Waals surface area contributed by atoms with Gasteiger partial charge in [0.15, 0.2) is 0 Å². The van der Waals surface area contributed by atoms with E-state index in [2.05, 4.69) is 28.4 Å². The summed E-state index contributed by atoms with van der Waals surface area (Å²) in [7, 11) is 0. The number of nitrogens with one attached hydrogen (secondary N) is 1. The molecule has 1 atom stereocenters. The van der Waals surface area contributed by atoms with Crippen LogP contribution in [-0.2, 0) is 4.79 Å². The first-order valence-corrected chi connectivity index (χ1v) is 8.65. The van der Waals surface area contributed by atoms with Crippen molar-refractivity contribution in [2.24, 2.45) is 0 Å². The second-order valence-corrected chi connectivity index (χ2v) is 7.30. The largest absolute Gasteiger partial charge is 0.311 e. The van der Waals surface area contributed by atoms with E-state index < -0.39 is 0 Å². The van der Waals surface area contributed by atoms with Crippen LogP contribution in [0.4, 0.5) is 5.69 Å². The molecule has 110 valence electrons. The SMILES string of the molecule is CC1CCN(C(=O)CSc2cn[nH]n2)c2ccccc2S1. The number of hydrogen-bond donors (Lipinski definition) is 1. The molecule has 0 saturated heterocycles. The molecule has 2 heterocycles. The third kappa shape index (κ3) is 3.41. The number of rotatable bonds is 3. The van der Waals surface area contributed by atoms with E-state index in [4.69, 9.17) is 0 Å². The van der Waals surface area contributed by atoms with Crippen molar-refractivity contribution in [2.75, 3.05) is 17.2 Å². The van der Waals surface area contributed by atoms with E-state index in [1.165, 1.54) is 16.7 Å². The molecule has 1 aliphatic rings. The van der Waals surface area contributed by atoms with Crippen LogP contribution in [0.2, 0.25) is 0 Å². The third-order valence-electron chi connectivity index (χ3n) is 3.28. The Kier molecular flexibility index (Phi) is 4.50. The van der Waals surface area contributed by atoms with Crippen molar-refractivity contribution in [2.45, 2.75) is 28.5 Å². The summed E-state index contributed by atoms with van der Waals surface area (Å²) in [4.78, 5) is 15.6. The maximum atomic E-state index is 12.6. The summed E-state index contributed by atoms with van der Waals surface area (Å²) in [6.07, 6.45) is 2.63. The maximum absolute atomic E-state index is 12.6. The Morgan fingerprint density at radius 3 is 3.19 bits per heavy atom. The number of aromatic nitrogens is 3. The number of carbonyl (C=O) groups is 1. The monoisotopic (exact) mass is 320 g/mol. The van der Waals surface area contributed by atoms with E-state index in [0.717, 1.165) is 23.7 Å². The van der Waals surface area contributed by atoms with Gasteiger partial charge in [0.2, 0.25) is 5.91 Å². The van der Waals surface area contributed by atoms with Crippen LogP contribution in [0, 0.1) is 0 Å². The normalized spacial score (nSPS) is 18.1. The quantitative estimate of drug-likeness (QED) is 0.881. The fourth-order valence-electron chi connectivity index (χ4n) is 2.22. The molecule has 0 radical (unpaired) electrons. The molecule has 1 N–H and O–H groups in total. The predicted octanol–water partition coefficient (Wildman–Crippen LogP) is 2.81. The summed E-state index contributed by atoms with van der Waals surface area (Å²) in [5.41, 5.74) is 1.03. The molecule has 21 heavy (non-hydrogen) atoms. The molecule has 3 rings (SSSR count). The van der Waals surface area contributed by atoms with Crippen LogP contribution < -0.4 is 4.90 Å². The van der Waals surface area contributed by atoms with Gasteiger partial charge in [-0.3, -0.25) is 4.79 Å². The molecule has 1 amide bonds. The Hall–Kier alpha value is -1.47. The molecule has 0 aliphatic carbocycles. The van der Waals surface area contributed by atoms with Crippen molar-refractivity contribution in [3.05, 3.63) is 30.5 Å². The number of hydrogen-bond acceptors (Lipinski definition) is 5. The lowest BCUT2D eigenvalue weighted by Crippen LogP contribution is -2.33. The number of para-hydroxylation sites is 1. The number of anilines is 1. The number of fused-ring (bicyclic) bond motifs is 1. The number of carbonyl (C=O) groups excluding carboxylic acids is 1. The molecule has 1 unspecified atom stereocenters. The van der Waals surface area contributed by atoms with Gasteiger partial charge in [0.1, 0.15) is 5.03 Å². The van der Waals surface area contributed by atoms with Gasteiger partial charge in [-0.1, -0.05) is 30.8 Å². The van der Waals surface area contributed by atoms with Gasteiger partial charge in [0.25, 0.3) is 0 Å². The van der Waals surface area contributed by atoms with E-state index in [1.54, 1.807) is 6.20 Å². The maximum Gasteiger partial charge on any atom is 0.237 e. The van der Waals surface area contributed by atoms with E-state index in [1.807, 2.05) is 34.9 Å². The number of thioether (sulfide) groups is 2. The number of amides is 1. The number of aromatic amines is 1. The van der Waals surface area contributed by atoms with Crippen LogP contribution in [0.1, 0.15) is 13.3 Å². The summed E-state index contributed by atoms with van der Waals surface area (Å²) in [5, 5.41) is 11.5. The van der Waals surface area contributed by atoms with Crippen molar-refractivity contribution >= 4 is 35.1 Å². The topological polar surface area (TPSA) is 61.9 Å². The first-order chi connectivity index (χ1) is 10.2. The van der Waals surface area contributed by atoms with Crippen molar-refractivity contribution in [3.8, 4) is 0 Å². The van der Waals surface area contributed by atoms with Crippen LogP contribution in [0.5, 0.6) is 0 Å². The fraction of sp³-hybridized carbons (Fsp3) is 0.357. The number of benzene rings is 1. The van der Waals surface area contributed by atoms with Crippen LogP contribution in [0.15, 0.2) is 40.4 Å². The molecule has 0 fully saturated rings. The third-order valence-corrected chi connectivity index (χ3v) is 5.40. The van der Waals surface area contributed by atoms with Gasteiger partial charge in [-0.05, 0) is 18.6 Å². The first-order valence-electron chi connectivity index (χ1n) is 6.78. The Morgan fingerprint density at radius 2 is 2.38 bits per heavy atom. The van der Waals surface area contributed by atoms with Gasteiger partial charge < -0.3 is 4.90 Å². The smallest absolute Gasteiger partial charge is 0.237 e. The summed E-state index contributed by atoms with van der Waals surface area (Å²) >= 11 is 3.25. The van der Waals surface area contributed by atoms with Crippen molar-refractivity contribution in [1.29, 1.82) is 0 Å².